The summed E-state index contributed by atoms with van der Waals surface area (Å²) in [4.78, 5) is 18.3. The van der Waals surface area contributed by atoms with Gasteiger partial charge in [-0.2, -0.15) is 4.68 Å². The molecule has 0 atom stereocenters. The second-order valence-electron chi connectivity index (χ2n) is 5.89. The third-order valence-electron chi connectivity index (χ3n) is 4.26. The summed E-state index contributed by atoms with van der Waals surface area (Å²) >= 11 is 1.18. The number of carbonyl (C=O) groups is 1. The fourth-order valence-corrected chi connectivity index (χ4v) is 3.96. The second-order valence-corrected chi connectivity index (χ2v) is 6.89. The molecule has 0 aliphatic carbocycles. The van der Waals surface area contributed by atoms with Gasteiger partial charge in [0, 0.05) is 18.7 Å². The van der Waals surface area contributed by atoms with E-state index in [0.717, 1.165) is 30.0 Å². The molecule has 128 valence electrons. The summed E-state index contributed by atoms with van der Waals surface area (Å²) in [5.41, 5.74) is 3.32. The Labute approximate surface area is 147 Å². The Kier molecular flexibility index (Phi) is 3.92. The molecule has 3 heterocycles. The van der Waals surface area contributed by atoms with E-state index in [2.05, 4.69) is 25.4 Å². The zero-order valence-corrected chi connectivity index (χ0v) is 14.4. The molecule has 25 heavy (non-hydrogen) atoms. The highest BCUT2D eigenvalue weighted by molar-refractivity contribution is 7.17. The van der Waals surface area contributed by atoms with Crippen molar-refractivity contribution >= 4 is 23.0 Å². The van der Waals surface area contributed by atoms with Crippen LogP contribution in [0.5, 0.6) is 0 Å². The fraction of sp³-hybridized carbons (Fsp3) is 0.312. The molecule has 1 aliphatic rings. The van der Waals surface area contributed by atoms with E-state index in [4.69, 9.17) is 0 Å². The first-order valence-corrected chi connectivity index (χ1v) is 8.78. The topological polar surface area (TPSA) is 97.0 Å². The van der Waals surface area contributed by atoms with E-state index in [1.54, 1.807) is 17.9 Å². The number of aromatic nitrogens is 5. The highest BCUT2D eigenvalue weighted by Gasteiger charge is 2.20. The van der Waals surface area contributed by atoms with Gasteiger partial charge in [-0.15, -0.1) is 16.4 Å². The Hall–Kier alpha value is -2.81. The van der Waals surface area contributed by atoms with Gasteiger partial charge in [-0.3, -0.25) is 0 Å². The summed E-state index contributed by atoms with van der Waals surface area (Å²) in [7, 11) is 0. The molecule has 0 spiro atoms. The molecule has 0 amide bonds. The van der Waals surface area contributed by atoms with E-state index in [0.29, 0.717) is 10.7 Å². The minimum Gasteiger partial charge on any atom is -0.477 e. The molecule has 2 aromatic heterocycles. The van der Waals surface area contributed by atoms with Crippen molar-refractivity contribution in [1.82, 2.24) is 25.2 Å². The van der Waals surface area contributed by atoms with Gasteiger partial charge in [0.1, 0.15) is 16.2 Å². The summed E-state index contributed by atoms with van der Waals surface area (Å²) in [6, 6.07) is 5.98. The average molecular weight is 356 g/mol. The molecule has 9 heteroatoms. The van der Waals surface area contributed by atoms with Crippen LogP contribution in [0, 0.1) is 6.92 Å². The van der Waals surface area contributed by atoms with Gasteiger partial charge in [0.2, 0.25) is 0 Å². The Morgan fingerprint density at radius 3 is 2.68 bits per heavy atom. The highest BCUT2D eigenvalue weighted by atomic mass is 32.1. The first-order chi connectivity index (χ1) is 12.1. The number of rotatable bonds is 4. The maximum atomic E-state index is 11.3. The lowest BCUT2D eigenvalue weighted by Gasteiger charge is -2.21. The van der Waals surface area contributed by atoms with Gasteiger partial charge in [0.25, 0.3) is 0 Å². The molecular formula is C16H16N6O2S. The number of aromatic carboxylic acids is 1. The number of nitrogens with zero attached hydrogens (tertiary/aromatic N) is 6. The van der Waals surface area contributed by atoms with E-state index in [9.17, 15) is 9.90 Å². The maximum Gasteiger partial charge on any atom is 0.347 e. The molecule has 1 aliphatic heterocycles. The van der Waals surface area contributed by atoms with Crippen molar-refractivity contribution in [2.75, 3.05) is 18.0 Å². The van der Waals surface area contributed by atoms with Crippen LogP contribution in [0.2, 0.25) is 0 Å². The van der Waals surface area contributed by atoms with Crippen LogP contribution >= 0.6 is 11.3 Å². The normalized spacial score (nSPS) is 14.2. The zero-order chi connectivity index (χ0) is 17.4. The largest absolute Gasteiger partial charge is 0.477 e. The van der Waals surface area contributed by atoms with Crippen molar-refractivity contribution in [3.63, 3.8) is 0 Å². The van der Waals surface area contributed by atoms with Crippen molar-refractivity contribution in [3.05, 3.63) is 35.1 Å². The third kappa shape index (κ3) is 2.86. The summed E-state index contributed by atoms with van der Waals surface area (Å²) in [6.45, 7) is 3.73. The number of benzene rings is 1. The van der Waals surface area contributed by atoms with Crippen LogP contribution in [0.4, 0.5) is 5.69 Å². The van der Waals surface area contributed by atoms with Gasteiger partial charge < -0.3 is 10.0 Å². The molecule has 0 bridgehead atoms. The minimum atomic E-state index is -0.948. The van der Waals surface area contributed by atoms with Crippen molar-refractivity contribution in [2.45, 2.75) is 19.8 Å². The van der Waals surface area contributed by atoms with Crippen molar-refractivity contribution in [2.24, 2.45) is 0 Å². The number of carboxylic acids is 1. The second kappa shape index (κ2) is 6.25. The fourth-order valence-electron chi connectivity index (χ4n) is 3.06. The van der Waals surface area contributed by atoms with Crippen LogP contribution in [0.25, 0.3) is 16.3 Å². The SMILES string of the molecule is Cc1nc(-c2ccc(N3CCCC3)c(-n3cnnn3)c2)sc1C(=O)O. The number of hydrogen-bond donors (Lipinski definition) is 1. The van der Waals surface area contributed by atoms with Gasteiger partial charge >= 0.3 is 5.97 Å². The molecule has 1 N–H and O–H groups in total. The quantitative estimate of drug-likeness (QED) is 0.766. The molecule has 1 saturated heterocycles. The Morgan fingerprint density at radius 1 is 1.24 bits per heavy atom. The van der Waals surface area contributed by atoms with Crippen LogP contribution in [0.15, 0.2) is 24.5 Å². The lowest BCUT2D eigenvalue weighted by atomic mass is 10.1. The predicted molar refractivity (Wildman–Crippen MR) is 93.4 cm³/mol. The minimum absolute atomic E-state index is 0.266. The lowest BCUT2D eigenvalue weighted by molar-refractivity contribution is 0.0701. The number of aryl methyl sites for hydroxylation is 1. The highest BCUT2D eigenvalue weighted by Crippen LogP contribution is 2.34. The first kappa shape index (κ1) is 15.7. The Bertz CT molecular complexity index is 915. The molecule has 1 fully saturated rings. The average Bonchev–Trinajstić information content (AvgIpc) is 3.35. The standard InChI is InChI=1S/C16H16N6O2S/c1-10-14(16(23)24)25-15(18-10)11-4-5-12(21-6-2-3-7-21)13(8-11)22-9-17-19-20-22/h4-5,8-9H,2-3,6-7H2,1H3,(H,23,24). The molecule has 4 rings (SSSR count). The van der Waals surface area contributed by atoms with Crippen molar-refractivity contribution in [3.8, 4) is 16.3 Å². The Morgan fingerprint density at radius 2 is 2.04 bits per heavy atom. The van der Waals surface area contributed by atoms with E-state index >= 15 is 0 Å². The molecule has 1 aromatic carbocycles. The summed E-state index contributed by atoms with van der Waals surface area (Å²) in [5.74, 6) is -0.948. The van der Waals surface area contributed by atoms with Gasteiger partial charge in [-0.05, 0) is 48.4 Å². The van der Waals surface area contributed by atoms with Gasteiger partial charge in [-0.1, -0.05) is 0 Å². The Balaban J connectivity index is 1.81. The monoisotopic (exact) mass is 356 g/mol. The molecule has 0 unspecified atom stereocenters. The van der Waals surface area contributed by atoms with Crippen LogP contribution < -0.4 is 4.90 Å². The van der Waals surface area contributed by atoms with E-state index < -0.39 is 5.97 Å². The van der Waals surface area contributed by atoms with Crippen LogP contribution in [0.1, 0.15) is 28.2 Å². The number of tetrazole rings is 1. The number of thiazole rings is 1. The van der Waals surface area contributed by atoms with Crippen LogP contribution in [0.3, 0.4) is 0 Å². The summed E-state index contributed by atoms with van der Waals surface area (Å²) in [6.07, 6.45) is 3.91. The van der Waals surface area contributed by atoms with E-state index in [-0.39, 0.29) is 4.88 Å². The number of hydrogen-bond acceptors (Lipinski definition) is 7. The van der Waals surface area contributed by atoms with Gasteiger partial charge in [0.15, 0.2) is 0 Å². The summed E-state index contributed by atoms with van der Waals surface area (Å²) < 4.78 is 1.63. The van der Waals surface area contributed by atoms with Gasteiger partial charge in [0.05, 0.1) is 17.1 Å². The van der Waals surface area contributed by atoms with Crippen molar-refractivity contribution in [1.29, 1.82) is 0 Å². The molecule has 0 saturated carbocycles. The summed E-state index contributed by atoms with van der Waals surface area (Å²) in [5, 5.41) is 21.4. The molecule has 3 aromatic rings. The van der Waals surface area contributed by atoms with Crippen LogP contribution in [-0.4, -0.2) is 49.4 Å². The lowest BCUT2D eigenvalue weighted by Crippen LogP contribution is -2.19. The van der Waals surface area contributed by atoms with Gasteiger partial charge in [-0.25, -0.2) is 9.78 Å². The molecular weight excluding hydrogens is 340 g/mol. The van der Waals surface area contributed by atoms with E-state index in [1.165, 1.54) is 24.2 Å². The number of carboxylic acid groups (broad SMARTS) is 1. The van der Waals surface area contributed by atoms with Crippen molar-refractivity contribution < 1.29 is 9.90 Å². The number of anilines is 1. The van der Waals surface area contributed by atoms with E-state index in [1.807, 2.05) is 18.2 Å². The van der Waals surface area contributed by atoms with Crippen LogP contribution in [-0.2, 0) is 0 Å². The predicted octanol–water partition coefficient (Wildman–Crippen LogP) is 2.39. The maximum absolute atomic E-state index is 11.3. The first-order valence-electron chi connectivity index (χ1n) is 7.97. The zero-order valence-electron chi connectivity index (χ0n) is 13.6. The molecule has 8 nitrogen and oxygen atoms in total. The third-order valence-corrected chi connectivity index (χ3v) is 5.45. The smallest absolute Gasteiger partial charge is 0.347 e. The molecule has 0 radical (unpaired) electrons.